The molecule has 0 unspecified atom stereocenters. The molecule has 0 amide bonds. The van der Waals surface area contributed by atoms with Crippen molar-refractivity contribution in [3.8, 4) is 0 Å². The van der Waals surface area contributed by atoms with Gasteiger partial charge < -0.3 is 10.2 Å². The van der Waals surface area contributed by atoms with E-state index in [0.717, 1.165) is 19.4 Å². The molecule has 0 saturated heterocycles. The highest BCUT2D eigenvalue weighted by molar-refractivity contribution is 5.58. The van der Waals surface area contributed by atoms with Gasteiger partial charge in [-0.25, -0.2) is 4.98 Å². The highest BCUT2D eigenvalue weighted by Gasteiger charge is 2.20. The molecule has 1 rings (SSSR count). The van der Waals surface area contributed by atoms with Crippen molar-refractivity contribution in [2.75, 3.05) is 30.4 Å². The fourth-order valence-corrected chi connectivity index (χ4v) is 1.54. The van der Waals surface area contributed by atoms with E-state index < -0.39 is 4.92 Å². The molecule has 1 heterocycles. The maximum atomic E-state index is 10.9. The summed E-state index contributed by atoms with van der Waals surface area (Å²) < 4.78 is 0. The summed E-state index contributed by atoms with van der Waals surface area (Å²) in [6, 6.07) is 0. The average molecular weight is 253 g/mol. The van der Waals surface area contributed by atoms with E-state index in [2.05, 4.69) is 15.3 Å². The Morgan fingerprint density at radius 3 is 2.72 bits per heavy atom. The standard InChI is InChI=1S/C11H19N5O2/c1-4-6-12-11-13-8-9(16(17)18)10(14-11)15(3)7-5-2/h8H,4-7H2,1-3H3,(H,12,13,14). The van der Waals surface area contributed by atoms with E-state index in [0.29, 0.717) is 18.3 Å². The number of anilines is 2. The summed E-state index contributed by atoms with van der Waals surface area (Å²) in [6.45, 7) is 5.50. The topological polar surface area (TPSA) is 84.2 Å². The van der Waals surface area contributed by atoms with Crippen molar-refractivity contribution >= 4 is 17.5 Å². The van der Waals surface area contributed by atoms with Gasteiger partial charge >= 0.3 is 5.69 Å². The van der Waals surface area contributed by atoms with Gasteiger partial charge in [0.2, 0.25) is 11.8 Å². The van der Waals surface area contributed by atoms with Crippen LogP contribution in [-0.2, 0) is 0 Å². The third-order valence-electron chi connectivity index (χ3n) is 2.40. The molecule has 0 bridgehead atoms. The maximum absolute atomic E-state index is 10.9. The van der Waals surface area contributed by atoms with Crippen LogP contribution >= 0.6 is 0 Å². The number of nitrogens with one attached hydrogen (secondary N) is 1. The summed E-state index contributed by atoms with van der Waals surface area (Å²) in [5.41, 5.74) is -0.0620. The Balaban J connectivity index is 3.03. The van der Waals surface area contributed by atoms with Crippen LogP contribution in [0.15, 0.2) is 6.20 Å². The lowest BCUT2D eigenvalue weighted by Gasteiger charge is -2.17. The van der Waals surface area contributed by atoms with Crippen LogP contribution in [0.5, 0.6) is 0 Å². The lowest BCUT2D eigenvalue weighted by atomic mass is 10.4. The van der Waals surface area contributed by atoms with Crippen molar-refractivity contribution < 1.29 is 4.92 Å². The zero-order chi connectivity index (χ0) is 13.5. The Bertz CT molecular complexity index is 410. The Labute approximate surface area is 106 Å². The van der Waals surface area contributed by atoms with Crippen molar-refractivity contribution in [2.24, 2.45) is 0 Å². The first-order chi connectivity index (χ1) is 8.60. The fourth-order valence-electron chi connectivity index (χ4n) is 1.54. The molecule has 0 aromatic carbocycles. The van der Waals surface area contributed by atoms with Crippen molar-refractivity contribution in [3.05, 3.63) is 16.3 Å². The molecule has 7 heteroatoms. The van der Waals surface area contributed by atoms with Crippen LogP contribution in [0, 0.1) is 10.1 Å². The minimum atomic E-state index is -0.453. The number of nitrogens with zero attached hydrogens (tertiary/aromatic N) is 4. The number of aromatic nitrogens is 2. The number of hydrogen-bond acceptors (Lipinski definition) is 6. The smallest absolute Gasteiger partial charge is 0.329 e. The second-order valence-corrected chi connectivity index (χ2v) is 4.01. The van der Waals surface area contributed by atoms with Crippen LogP contribution in [0.2, 0.25) is 0 Å². The zero-order valence-corrected chi connectivity index (χ0v) is 11.0. The maximum Gasteiger partial charge on any atom is 0.329 e. The van der Waals surface area contributed by atoms with Crippen LogP contribution < -0.4 is 10.2 Å². The number of rotatable bonds is 7. The number of hydrogen-bond donors (Lipinski definition) is 1. The van der Waals surface area contributed by atoms with E-state index in [9.17, 15) is 10.1 Å². The number of nitro groups is 1. The van der Waals surface area contributed by atoms with Crippen molar-refractivity contribution in [1.29, 1.82) is 0 Å². The molecule has 0 saturated carbocycles. The van der Waals surface area contributed by atoms with Gasteiger partial charge in [-0.15, -0.1) is 0 Å². The van der Waals surface area contributed by atoms with E-state index in [1.807, 2.05) is 13.8 Å². The molecular formula is C11H19N5O2. The van der Waals surface area contributed by atoms with Gasteiger partial charge in [0, 0.05) is 20.1 Å². The molecule has 0 aliphatic heterocycles. The molecule has 0 aliphatic carbocycles. The Hall–Kier alpha value is -1.92. The van der Waals surface area contributed by atoms with Gasteiger partial charge in [-0.3, -0.25) is 10.1 Å². The first-order valence-electron chi connectivity index (χ1n) is 6.06. The molecule has 7 nitrogen and oxygen atoms in total. The van der Waals surface area contributed by atoms with Crippen LogP contribution in [0.1, 0.15) is 26.7 Å². The first-order valence-corrected chi connectivity index (χ1v) is 6.06. The minimum absolute atomic E-state index is 0.0620. The second-order valence-electron chi connectivity index (χ2n) is 4.01. The van der Waals surface area contributed by atoms with Gasteiger partial charge in [0.05, 0.1) is 4.92 Å². The average Bonchev–Trinajstić information content (AvgIpc) is 2.36. The molecule has 0 spiro atoms. The lowest BCUT2D eigenvalue weighted by molar-refractivity contribution is -0.384. The van der Waals surface area contributed by atoms with E-state index in [1.54, 1.807) is 11.9 Å². The highest BCUT2D eigenvalue weighted by Crippen LogP contribution is 2.25. The van der Waals surface area contributed by atoms with Gasteiger partial charge in [-0.2, -0.15) is 4.98 Å². The molecule has 0 radical (unpaired) electrons. The van der Waals surface area contributed by atoms with Crippen molar-refractivity contribution in [2.45, 2.75) is 26.7 Å². The van der Waals surface area contributed by atoms with E-state index in [4.69, 9.17) is 0 Å². The third kappa shape index (κ3) is 3.54. The summed E-state index contributed by atoms with van der Waals surface area (Å²) >= 11 is 0. The van der Waals surface area contributed by atoms with Gasteiger partial charge in [0.1, 0.15) is 6.20 Å². The molecule has 1 N–H and O–H groups in total. The predicted molar refractivity (Wildman–Crippen MR) is 71.0 cm³/mol. The first kappa shape index (κ1) is 14.1. The molecular weight excluding hydrogens is 234 g/mol. The third-order valence-corrected chi connectivity index (χ3v) is 2.40. The van der Waals surface area contributed by atoms with Crippen molar-refractivity contribution in [1.82, 2.24) is 9.97 Å². The van der Waals surface area contributed by atoms with E-state index in [-0.39, 0.29) is 5.69 Å². The summed E-state index contributed by atoms with van der Waals surface area (Å²) in [5, 5.41) is 14.0. The lowest BCUT2D eigenvalue weighted by Crippen LogP contribution is -2.21. The molecule has 18 heavy (non-hydrogen) atoms. The summed E-state index contributed by atoms with van der Waals surface area (Å²) in [7, 11) is 1.79. The summed E-state index contributed by atoms with van der Waals surface area (Å²) in [6.07, 6.45) is 3.10. The van der Waals surface area contributed by atoms with Gasteiger partial charge in [0.15, 0.2) is 0 Å². The van der Waals surface area contributed by atoms with Gasteiger partial charge in [0.25, 0.3) is 0 Å². The normalized spacial score (nSPS) is 10.2. The minimum Gasteiger partial charge on any atom is -0.354 e. The Morgan fingerprint density at radius 1 is 1.44 bits per heavy atom. The quantitative estimate of drug-likeness (QED) is 0.591. The Morgan fingerprint density at radius 2 is 2.17 bits per heavy atom. The SMILES string of the molecule is CCCNc1ncc([N+](=O)[O-])c(N(C)CCC)n1. The van der Waals surface area contributed by atoms with Crippen LogP contribution in [0.3, 0.4) is 0 Å². The predicted octanol–water partition coefficient (Wildman–Crippen LogP) is 2.05. The zero-order valence-electron chi connectivity index (χ0n) is 11.0. The molecule has 0 aliphatic rings. The van der Waals surface area contributed by atoms with E-state index >= 15 is 0 Å². The van der Waals surface area contributed by atoms with Crippen LogP contribution in [0.4, 0.5) is 17.5 Å². The monoisotopic (exact) mass is 253 g/mol. The Kier molecular flexibility index (Phi) is 5.29. The second kappa shape index (κ2) is 6.73. The van der Waals surface area contributed by atoms with Crippen LogP contribution in [-0.4, -0.2) is 35.0 Å². The van der Waals surface area contributed by atoms with Crippen LogP contribution in [0.25, 0.3) is 0 Å². The molecule has 0 fully saturated rings. The molecule has 100 valence electrons. The summed E-state index contributed by atoms with van der Waals surface area (Å²) in [5.74, 6) is 0.788. The highest BCUT2D eigenvalue weighted by atomic mass is 16.6. The summed E-state index contributed by atoms with van der Waals surface area (Å²) in [4.78, 5) is 20.4. The molecule has 1 aromatic heterocycles. The van der Waals surface area contributed by atoms with Crippen molar-refractivity contribution in [3.63, 3.8) is 0 Å². The van der Waals surface area contributed by atoms with Gasteiger partial charge in [-0.05, 0) is 12.8 Å². The van der Waals surface area contributed by atoms with E-state index in [1.165, 1.54) is 6.20 Å². The van der Waals surface area contributed by atoms with Gasteiger partial charge in [-0.1, -0.05) is 13.8 Å². The molecule has 0 atom stereocenters. The molecule has 1 aromatic rings. The largest absolute Gasteiger partial charge is 0.354 e. The fraction of sp³-hybridized carbons (Fsp3) is 0.636.